The lowest BCUT2D eigenvalue weighted by Gasteiger charge is -2.49. The first-order chi connectivity index (χ1) is 5.06. The second kappa shape index (κ2) is 3.18. The van der Waals surface area contributed by atoms with Gasteiger partial charge in [-0.2, -0.15) is 0 Å². The Kier molecular flexibility index (Phi) is 3.25. The predicted molar refractivity (Wildman–Crippen MR) is 60.4 cm³/mol. The van der Waals surface area contributed by atoms with E-state index >= 15 is 0 Å². The lowest BCUT2D eigenvalue weighted by Crippen LogP contribution is -2.63. The summed E-state index contributed by atoms with van der Waals surface area (Å²) in [6.07, 6.45) is 0. The van der Waals surface area contributed by atoms with Gasteiger partial charge in [-0.3, -0.25) is 0 Å². The highest BCUT2D eigenvalue weighted by molar-refractivity contribution is 6.88. The zero-order chi connectivity index (χ0) is 10.2. The second-order valence-corrected chi connectivity index (χ2v) is 11.0. The fourth-order valence-electron chi connectivity index (χ4n) is 1.12. The van der Waals surface area contributed by atoms with Gasteiger partial charge in [-0.05, 0) is 20.9 Å². The standard InChI is InChI=1S/C9H22BNSi/c1-8(2,10)12(6,7)9(3,4)11-5/h11H,1-7H3. The van der Waals surface area contributed by atoms with Gasteiger partial charge >= 0.3 is 0 Å². The first kappa shape index (κ1) is 12.2. The van der Waals surface area contributed by atoms with Crippen molar-refractivity contribution in [1.29, 1.82) is 0 Å². The van der Waals surface area contributed by atoms with Crippen LogP contribution in [0.5, 0.6) is 0 Å². The predicted octanol–water partition coefficient (Wildman–Crippen LogP) is 2.14. The molecule has 1 N–H and O–H groups in total. The van der Waals surface area contributed by atoms with Crippen molar-refractivity contribution in [2.75, 3.05) is 7.05 Å². The molecule has 0 saturated heterocycles. The Labute approximate surface area is 79.7 Å². The molecule has 70 valence electrons. The van der Waals surface area contributed by atoms with E-state index in [0.717, 1.165) is 0 Å². The van der Waals surface area contributed by atoms with Crippen LogP contribution in [0.3, 0.4) is 0 Å². The number of rotatable bonds is 3. The molecule has 0 aromatic carbocycles. The number of hydrogen-bond acceptors (Lipinski definition) is 1. The molecule has 0 amide bonds. The van der Waals surface area contributed by atoms with E-state index in [4.69, 9.17) is 7.85 Å². The summed E-state index contributed by atoms with van der Waals surface area (Å²) in [5, 5.41) is 3.56. The Morgan fingerprint density at radius 2 is 1.42 bits per heavy atom. The molecule has 0 aliphatic carbocycles. The van der Waals surface area contributed by atoms with Gasteiger partial charge in [-0.25, -0.2) is 0 Å². The number of nitrogens with one attached hydrogen (secondary N) is 1. The summed E-state index contributed by atoms with van der Waals surface area (Å²) in [4.78, 5) is -0.0422. The Morgan fingerprint density at radius 1 is 1.08 bits per heavy atom. The van der Waals surface area contributed by atoms with Crippen LogP contribution in [0.1, 0.15) is 27.7 Å². The summed E-state index contributed by atoms with van der Waals surface area (Å²) < 4.78 is 0. The fraction of sp³-hybridized carbons (Fsp3) is 1.00. The van der Waals surface area contributed by atoms with Crippen LogP contribution >= 0.6 is 0 Å². The molecule has 0 unspecified atom stereocenters. The highest BCUT2D eigenvalue weighted by Gasteiger charge is 2.45. The van der Waals surface area contributed by atoms with Crippen LogP contribution in [0, 0.1) is 0 Å². The molecule has 0 bridgehead atoms. The van der Waals surface area contributed by atoms with E-state index in [1.54, 1.807) is 0 Å². The largest absolute Gasteiger partial charge is 0.317 e. The summed E-state index contributed by atoms with van der Waals surface area (Å²) in [5.74, 6) is 0. The average Bonchev–Trinajstić information content (AvgIpc) is 1.85. The average molecular weight is 183 g/mol. The fourth-order valence-corrected chi connectivity index (χ4v) is 3.35. The quantitative estimate of drug-likeness (QED) is 0.661. The van der Waals surface area contributed by atoms with Crippen LogP contribution in [0.25, 0.3) is 0 Å². The van der Waals surface area contributed by atoms with Crippen LogP contribution in [0.4, 0.5) is 0 Å². The topological polar surface area (TPSA) is 12.0 Å². The smallest absolute Gasteiger partial charge is 0.0698 e. The summed E-state index contributed by atoms with van der Waals surface area (Å²) in [6, 6.07) is 0. The molecule has 0 heterocycles. The van der Waals surface area contributed by atoms with Crippen LogP contribution in [-0.4, -0.2) is 28.1 Å². The van der Waals surface area contributed by atoms with Gasteiger partial charge in [0.25, 0.3) is 0 Å². The van der Waals surface area contributed by atoms with E-state index in [1.807, 2.05) is 7.05 Å². The van der Waals surface area contributed by atoms with Crippen LogP contribution in [-0.2, 0) is 0 Å². The molecule has 0 aliphatic heterocycles. The third kappa shape index (κ3) is 1.94. The maximum atomic E-state index is 6.20. The Bertz CT molecular complexity index is 158. The molecule has 0 spiro atoms. The normalized spacial score (nSPS) is 14.9. The lowest BCUT2D eigenvalue weighted by molar-refractivity contribution is 0.547. The van der Waals surface area contributed by atoms with Crippen molar-refractivity contribution >= 4 is 15.9 Å². The van der Waals surface area contributed by atoms with Gasteiger partial charge in [-0.1, -0.05) is 31.9 Å². The monoisotopic (exact) mass is 183 g/mol. The molecular formula is C9H22BNSi. The van der Waals surface area contributed by atoms with Crippen molar-refractivity contribution in [3.05, 3.63) is 0 Å². The third-order valence-electron chi connectivity index (χ3n) is 3.80. The van der Waals surface area contributed by atoms with Crippen molar-refractivity contribution in [2.45, 2.75) is 50.9 Å². The van der Waals surface area contributed by atoms with Crippen molar-refractivity contribution in [2.24, 2.45) is 0 Å². The minimum Gasteiger partial charge on any atom is -0.317 e. The highest BCUT2D eigenvalue weighted by atomic mass is 28.3. The van der Waals surface area contributed by atoms with Crippen molar-refractivity contribution in [3.63, 3.8) is 0 Å². The highest BCUT2D eigenvalue weighted by Crippen LogP contribution is 2.39. The molecule has 0 fully saturated rings. The molecule has 0 aromatic heterocycles. The molecule has 1 nitrogen and oxygen atoms in total. The molecule has 3 heteroatoms. The minimum absolute atomic E-state index is 0.0422. The summed E-state index contributed by atoms with van der Waals surface area (Å²) in [6.45, 7) is 13.4. The molecule has 0 atom stereocenters. The molecule has 2 radical (unpaired) electrons. The minimum atomic E-state index is -1.47. The van der Waals surface area contributed by atoms with E-state index < -0.39 is 8.07 Å². The Morgan fingerprint density at radius 3 is 1.50 bits per heavy atom. The van der Waals surface area contributed by atoms with E-state index in [0.29, 0.717) is 0 Å². The summed E-state index contributed by atoms with van der Waals surface area (Å²) in [7, 11) is 6.75. The molecular weight excluding hydrogens is 161 g/mol. The molecule has 0 aromatic rings. The van der Waals surface area contributed by atoms with Gasteiger partial charge in [0.2, 0.25) is 0 Å². The van der Waals surface area contributed by atoms with E-state index in [1.165, 1.54) is 0 Å². The van der Waals surface area contributed by atoms with E-state index in [9.17, 15) is 0 Å². The van der Waals surface area contributed by atoms with E-state index in [2.05, 4.69) is 46.1 Å². The molecule has 12 heavy (non-hydrogen) atoms. The van der Waals surface area contributed by atoms with Gasteiger partial charge < -0.3 is 5.32 Å². The van der Waals surface area contributed by atoms with Crippen molar-refractivity contribution in [1.82, 2.24) is 5.32 Å². The van der Waals surface area contributed by atoms with Gasteiger partial charge in [-0.15, -0.1) is 0 Å². The second-order valence-electron chi connectivity index (χ2n) is 5.22. The van der Waals surface area contributed by atoms with Gasteiger partial charge in [0.05, 0.1) is 15.9 Å². The zero-order valence-electron chi connectivity index (χ0n) is 9.58. The maximum absolute atomic E-state index is 6.20. The maximum Gasteiger partial charge on any atom is 0.0698 e. The van der Waals surface area contributed by atoms with Gasteiger partial charge in [0, 0.05) is 5.16 Å². The van der Waals surface area contributed by atoms with Crippen molar-refractivity contribution in [3.8, 4) is 0 Å². The lowest BCUT2D eigenvalue weighted by atomic mass is 9.90. The van der Waals surface area contributed by atoms with Crippen LogP contribution < -0.4 is 5.32 Å². The van der Waals surface area contributed by atoms with Gasteiger partial charge in [0.15, 0.2) is 0 Å². The number of hydrogen-bond donors (Lipinski definition) is 1. The van der Waals surface area contributed by atoms with Crippen LogP contribution in [0.15, 0.2) is 0 Å². The third-order valence-corrected chi connectivity index (χ3v) is 10.4. The zero-order valence-corrected chi connectivity index (χ0v) is 10.6. The summed E-state index contributed by atoms with van der Waals surface area (Å²) >= 11 is 0. The first-order valence-electron chi connectivity index (χ1n) is 4.54. The molecule has 0 saturated carbocycles. The summed E-state index contributed by atoms with van der Waals surface area (Å²) in [5.41, 5.74) is 0. The van der Waals surface area contributed by atoms with Gasteiger partial charge in [0.1, 0.15) is 0 Å². The first-order valence-corrected chi connectivity index (χ1v) is 7.54. The molecule has 0 rings (SSSR count). The Balaban J connectivity index is 4.85. The molecule has 0 aliphatic rings. The Hall–Kier alpha value is 0.242. The SMILES string of the molecule is [B]C(C)(C)[Si](C)(C)C(C)(C)NC. The van der Waals surface area contributed by atoms with Crippen molar-refractivity contribution < 1.29 is 0 Å². The van der Waals surface area contributed by atoms with E-state index in [-0.39, 0.29) is 10.1 Å². The van der Waals surface area contributed by atoms with Crippen LogP contribution in [0.2, 0.25) is 18.0 Å².